The fourth-order valence-electron chi connectivity index (χ4n) is 5.94. The van der Waals surface area contributed by atoms with E-state index in [1.807, 2.05) is 54.7 Å². The number of piperidine rings is 1. The number of hydrogen-bond donors (Lipinski definition) is 1. The number of hydrogen-bond acceptors (Lipinski definition) is 8. The molecule has 1 atom stereocenters. The third-order valence-electron chi connectivity index (χ3n) is 8.31. The molecule has 0 aliphatic carbocycles. The number of likely N-dealkylation sites (tertiary alicyclic amines) is 1. The monoisotopic (exact) mass is 581 g/mol. The minimum Gasteiger partial charge on any atom is -0.363 e. The van der Waals surface area contributed by atoms with Crippen LogP contribution in [0.2, 0.25) is 0 Å². The molecule has 43 heavy (non-hydrogen) atoms. The molecule has 1 aromatic carbocycles. The van der Waals surface area contributed by atoms with Crippen LogP contribution < -0.4 is 5.32 Å². The molecule has 10 nitrogen and oxygen atoms in total. The lowest BCUT2D eigenvalue weighted by Gasteiger charge is -2.33. The highest BCUT2D eigenvalue weighted by Gasteiger charge is 2.26. The largest absolute Gasteiger partial charge is 0.363 e. The fraction of sp³-hybridized carbons (Fsp3) is 0.406. The van der Waals surface area contributed by atoms with Gasteiger partial charge in [-0.1, -0.05) is 30.3 Å². The Morgan fingerprint density at radius 1 is 1.07 bits per heavy atom. The lowest BCUT2D eigenvalue weighted by atomic mass is 10.0. The number of anilines is 1. The molecule has 1 amide bonds. The number of halogens is 1. The number of nitrogens with zero attached hydrogens (tertiary/aromatic N) is 8. The fourth-order valence-corrected chi connectivity index (χ4v) is 5.94. The highest BCUT2D eigenvalue weighted by atomic mass is 19.1. The summed E-state index contributed by atoms with van der Waals surface area (Å²) in [5, 5.41) is 16.7. The number of likely N-dealkylation sites (N-methyl/N-ethyl adjacent to an activating group) is 1. The summed E-state index contributed by atoms with van der Waals surface area (Å²) in [4.78, 5) is 28.2. The molecular formula is C32H36FN9O. The van der Waals surface area contributed by atoms with Gasteiger partial charge in [0.2, 0.25) is 5.91 Å². The first-order chi connectivity index (χ1) is 21.0. The zero-order chi connectivity index (χ0) is 29.8. The van der Waals surface area contributed by atoms with Gasteiger partial charge in [-0.25, -0.2) is 18.9 Å². The van der Waals surface area contributed by atoms with Crippen LogP contribution in [0, 0.1) is 17.1 Å². The van der Waals surface area contributed by atoms with Gasteiger partial charge >= 0.3 is 0 Å². The number of carbonyl (C=O) groups excluding carboxylic acids is 1. The molecule has 0 unspecified atom stereocenters. The molecule has 0 radical (unpaired) electrons. The van der Waals surface area contributed by atoms with Crippen LogP contribution in [-0.4, -0.2) is 92.5 Å². The second-order valence-corrected chi connectivity index (χ2v) is 11.4. The van der Waals surface area contributed by atoms with Crippen molar-refractivity contribution in [3.8, 4) is 28.7 Å². The van der Waals surface area contributed by atoms with Crippen molar-refractivity contribution in [2.24, 2.45) is 0 Å². The van der Waals surface area contributed by atoms with E-state index in [2.05, 4.69) is 32.2 Å². The van der Waals surface area contributed by atoms with Crippen molar-refractivity contribution in [2.75, 3.05) is 51.6 Å². The van der Waals surface area contributed by atoms with Crippen LogP contribution in [0.5, 0.6) is 0 Å². The molecule has 1 N–H and O–H groups in total. The summed E-state index contributed by atoms with van der Waals surface area (Å²) in [7, 11) is 2.16. The van der Waals surface area contributed by atoms with Gasteiger partial charge in [0, 0.05) is 50.5 Å². The molecule has 0 bridgehead atoms. The molecule has 2 saturated heterocycles. The highest BCUT2D eigenvalue weighted by molar-refractivity contribution is 5.79. The smallest absolute Gasteiger partial charge is 0.236 e. The van der Waals surface area contributed by atoms with Gasteiger partial charge in [-0.05, 0) is 57.1 Å². The van der Waals surface area contributed by atoms with Gasteiger partial charge in [0.05, 0.1) is 23.3 Å². The lowest BCUT2D eigenvalue weighted by Crippen LogP contribution is -2.45. The van der Waals surface area contributed by atoms with E-state index >= 15 is 4.39 Å². The number of fused-ring (bicyclic) bond motifs is 1. The standard InChI is InChI=1S/C32H36FN9O/c1-39-14-5-15-40(19-18-39)21-23-8-10-24(11-9-23)30-29(33)32(36-25-6-4-16-41(22-25)28(43)12-13-34)38-31(37-30)26-20-35-42-17-3-2-7-27(26)42/h2-3,7-11,17,20,25H,4-6,12,14-16,18-19,21-22H2,1H3,(H,36,37,38)/t25-/m1/s1. The van der Waals surface area contributed by atoms with Crippen molar-refractivity contribution in [3.05, 3.63) is 66.2 Å². The summed E-state index contributed by atoms with van der Waals surface area (Å²) < 4.78 is 18.0. The van der Waals surface area contributed by atoms with Crippen LogP contribution in [0.1, 0.15) is 31.2 Å². The van der Waals surface area contributed by atoms with Gasteiger partial charge in [0.1, 0.15) is 12.1 Å². The number of amides is 1. The van der Waals surface area contributed by atoms with Crippen LogP contribution in [0.15, 0.2) is 54.9 Å². The van der Waals surface area contributed by atoms with Crippen molar-refractivity contribution in [3.63, 3.8) is 0 Å². The third-order valence-corrected chi connectivity index (χ3v) is 8.31. The van der Waals surface area contributed by atoms with Crippen molar-refractivity contribution >= 4 is 17.2 Å². The van der Waals surface area contributed by atoms with Crippen LogP contribution >= 0.6 is 0 Å². The molecule has 6 rings (SSSR count). The Kier molecular flexibility index (Phi) is 8.58. The molecule has 2 aliphatic rings. The average Bonchev–Trinajstić information content (AvgIpc) is 3.35. The number of benzene rings is 1. The quantitative estimate of drug-likeness (QED) is 0.349. The summed E-state index contributed by atoms with van der Waals surface area (Å²) in [5.74, 6) is -0.292. The SMILES string of the molecule is CN1CCCN(Cc2ccc(-c3nc(-c4cnn5ccccc45)nc(N[C@@H]4CCCN(C(=O)CC#N)C4)c3F)cc2)CC1. The average molecular weight is 582 g/mol. The first kappa shape index (κ1) is 28.7. The summed E-state index contributed by atoms with van der Waals surface area (Å²) >= 11 is 0. The summed E-state index contributed by atoms with van der Waals surface area (Å²) in [6.07, 6.45) is 6.03. The minimum atomic E-state index is -0.538. The number of pyridine rings is 1. The molecular weight excluding hydrogens is 545 g/mol. The molecule has 222 valence electrons. The lowest BCUT2D eigenvalue weighted by molar-refractivity contribution is -0.131. The van der Waals surface area contributed by atoms with Gasteiger partial charge in [0.25, 0.3) is 0 Å². The van der Waals surface area contributed by atoms with E-state index in [4.69, 9.17) is 10.2 Å². The van der Waals surface area contributed by atoms with Crippen molar-refractivity contribution in [1.29, 1.82) is 5.26 Å². The Morgan fingerprint density at radius 2 is 1.93 bits per heavy atom. The Bertz CT molecular complexity index is 1630. The van der Waals surface area contributed by atoms with E-state index in [0.717, 1.165) is 57.5 Å². The predicted octanol–water partition coefficient (Wildman–Crippen LogP) is 4.05. The Balaban J connectivity index is 1.31. The van der Waals surface area contributed by atoms with Crippen molar-refractivity contribution < 1.29 is 9.18 Å². The van der Waals surface area contributed by atoms with Crippen molar-refractivity contribution in [2.45, 2.75) is 38.3 Å². The molecule has 2 fully saturated rings. The number of aromatic nitrogens is 4. The maximum atomic E-state index is 16.2. The summed E-state index contributed by atoms with van der Waals surface area (Å²) in [5.41, 5.74) is 3.55. The van der Waals surface area contributed by atoms with Crippen LogP contribution in [0.4, 0.5) is 10.2 Å². The van der Waals surface area contributed by atoms with E-state index in [1.54, 1.807) is 15.6 Å². The second kappa shape index (κ2) is 12.9. The molecule has 0 saturated carbocycles. The molecule has 3 aromatic heterocycles. The summed E-state index contributed by atoms with van der Waals surface area (Å²) in [6, 6.07) is 15.4. The molecule has 11 heteroatoms. The summed E-state index contributed by atoms with van der Waals surface area (Å²) in [6.45, 7) is 6.07. The maximum Gasteiger partial charge on any atom is 0.236 e. The van der Waals surface area contributed by atoms with E-state index < -0.39 is 5.82 Å². The Hall–Kier alpha value is -4.40. The molecule has 4 aromatic rings. The van der Waals surface area contributed by atoms with E-state index in [0.29, 0.717) is 30.0 Å². The van der Waals surface area contributed by atoms with Gasteiger partial charge in [-0.2, -0.15) is 10.4 Å². The van der Waals surface area contributed by atoms with Crippen molar-refractivity contribution in [1.82, 2.24) is 34.3 Å². The number of carbonyl (C=O) groups is 1. The minimum absolute atomic E-state index is 0.0904. The van der Waals surface area contributed by atoms with Crippen LogP contribution in [0.3, 0.4) is 0 Å². The number of nitrogens with one attached hydrogen (secondary N) is 1. The topological polar surface area (TPSA) is 106 Å². The van der Waals surface area contributed by atoms with E-state index in [-0.39, 0.29) is 29.9 Å². The first-order valence-electron chi connectivity index (χ1n) is 14.9. The predicted molar refractivity (Wildman–Crippen MR) is 162 cm³/mol. The van der Waals surface area contributed by atoms with E-state index in [1.165, 1.54) is 5.56 Å². The normalized spacial score (nSPS) is 18.3. The molecule has 2 aliphatic heterocycles. The van der Waals surface area contributed by atoms with Crippen LogP contribution in [0.25, 0.3) is 28.2 Å². The zero-order valence-corrected chi connectivity index (χ0v) is 24.4. The third kappa shape index (κ3) is 6.50. The van der Waals surface area contributed by atoms with Gasteiger partial charge in [-0.15, -0.1) is 0 Å². The van der Waals surface area contributed by atoms with Gasteiger partial charge in [-0.3, -0.25) is 9.69 Å². The number of nitriles is 1. The highest BCUT2D eigenvalue weighted by Crippen LogP contribution is 2.31. The number of rotatable bonds is 7. The van der Waals surface area contributed by atoms with Gasteiger partial charge < -0.3 is 15.1 Å². The Morgan fingerprint density at radius 3 is 2.77 bits per heavy atom. The molecule has 0 spiro atoms. The van der Waals surface area contributed by atoms with E-state index in [9.17, 15) is 4.79 Å². The Labute approximate surface area is 250 Å². The van der Waals surface area contributed by atoms with Crippen LogP contribution in [-0.2, 0) is 11.3 Å². The second-order valence-electron chi connectivity index (χ2n) is 11.4. The zero-order valence-electron chi connectivity index (χ0n) is 24.4. The molecule has 5 heterocycles. The van der Waals surface area contributed by atoms with Gasteiger partial charge in [0.15, 0.2) is 17.5 Å². The first-order valence-corrected chi connectivity index (χ1v) is 14.9. The maximum absolute atomic E-state index is 16.2.